The molecule has 0 radical (unpaired) electrons. The lowest BCUT2D eigenvalue weighted by molar-refractivity contribution is -0.139. The second-order valence-corrected chi connectivity index (χ2v) is 6.62. The Kier molecular flexibility index (Phi) is 4.35. The monoisotopic (exact) mass is 343 g/mol. The second kappa shape index (κ2) is 6.45. The molecule has 6 nitrogen and oxygen atoms in total. The number of aromatic nitrogens is 2. The van der Waals surface area contributed by atoms with E-state index in [9.17, 15) is 14.7 Å². The number of thiophene rings is 1. The van der Waals surface area contributed by atoms with Gasteiger partial charge in [-0.05, 0) is 18.6 Å². The SMILES string of the molecule is Cc1nn(C)c2sc(C(=O)N[C@@H](Cc3ccccc3)C(=O)O)cc12. The zero-order valence-corrected chi connectivity index (χ0v) is 14.1. The van der Waals surface area contributed by atoms with Crippen molar-refractivity contribution in [2.45, 2.75) is 19.4 Å². The Bertz CT molecular complexity index is 864. The van der Waals surface area contributed by atoms with Crippen molar-refractivity contribution in [3.05, 3.63) is 52.5 Å². The van der Waals surface area contributed by atoms with E-state index in [-0.39, 0.29) is 12.3 Å². The number of amides is 1. The minimum absolute atomic E-state index is 0.243. The van der Waals surface area contributed by atoms with E-state index in [0.717, 1.165) is 21.5 Å². The Labute approximate surface area is 142 Å². The molecule has 3 aromatic rings. The third-order valence-corrected chi connectivity index (χ3v) is 5.01. The number of aryl methyl sites for hydroxylation is 2. The Morgan fingerprint density at radius 3 is 2.67 bits per heavy atom. The van der Waals surface area contributed by atoms with E-state index < -0.39 is 12.0 Å². The first kappa shape index (κ1) is 16.2. The highest BCUT2D eigenvalue weighted by molar-refractivity contribution is 7.20. The van der Waals surface area contributed by atoms with Gasteiger partial charge in [0.05, 0.1) is 10.6 Å². The minimum atomic E-state index is -1.05. The van der Waals surface area contributed by atoms with Crippen LogP contribution in [0.1, 0.15) is 20.9 Å². The predicted molar refractivity (Wildman–Crippen MR) is 92.4 cm³/mol. The fourth-order valence-electron chi connectivity index (χ4n) is 2.60. The lowest BCUT2D eigenvalue weighted by atomic mass is 10.1. The first-order chi connectivity index (χ1) is 11.5. The smallest absolute Gasteiger partial charge is 0.326 e. The van der Waals surface area contributed by atoms with Crippen LogP contribution >= 0.6 is 11.3 Å². The molecule has 0 spiro atoms. The summed E-state index contributed by atoms with van der Waals surface area (Å²) in [6.07, 6.45) is 0.243. The van der Waals surface area contributed by atoms with Crippen molar-refractivity contribution in [1.29, 1.82) is 0 Å². The standard InChI is InChI=1S/C17H17N3O3S/c1-10-12-9-14(24-16(12)20(2)19-10)15(21)18-13(17(22)23)8-11-6-4-3-5-7-11/h3-7,9,13H,8H2,1-2H3,(H,18,21)(H,22,23)/t13-/m0/s1. The largest absolute Gasteiger partial charge is 0.480 e. The average Bonchev–Trinajstić information content (AvgIpc) is 3.10. The van der Waals surface area contributed by atoms with Crippen molar-refractivity contribution in [3.8, 4) is 0 Å². The van der Waals surface area contributed by atoms with Crippen molar-refractivity contribution in [1.82, 2.24) is 15.1 Å². The molecule has 0 fully saturated rings. The molecule has 0 unspecified atom stereocenters. The average molecular weight is 343 g/mol. The van der Waals surface area contributed by atoms with Gasteiger partial charge in [-0.1, -0.05) is 30.3 Å². The Balaban J connectivity index is 1.79. The number of rotatable bonds is 5. The van der Waals surface area contributed by atoms with Gasteiger partial charge in [-0.25, -0.2) is 4.79 Å². The van der Waals surface area contributed by atoms with Gasteiger partial charge in [-0.2, -0.15) is 5.10 Å². The van der Waals surface area contributed by atoms with Crippen molar-refractivity contribution >= 4 is 33.4 Å². The van der Waals surface area contributed by atoms with Crippen LogP contribution in [0.15, 0.2) is 36.4 Å². The van der Waals surface area contributed by atoms with Crippen LogP contribution in [-0.4, -0.2) is 32.8 Å². The highest BCUT2D eigenvalue weighted by Crippen LogP contribution is 2.27. The number of aliphatic carboxylic acids is 1. The number of hydrogen-bond donors (Lipinski definition) is 2. The van der Waals surface area contributed by atoms with Crippen LogP contribution in [0.3, 0.4) is 0 Å². The molecular weight excluding hydrogens is 326 g/mol. The number of carboxylic acids is 1. The molecule has 0 aliphatic carbocycles. The molecule has 2 heterocycles. The van der Waals surface area contributed by atoms with Gasteiger partial charge in [0, 0.05) is 18.9 Å². The van der Waals surface area contributed by atoms with Gasteiger partial charge in [-0.3, -0.25) is 9.48 Å². The van der Waals surface area contributed by atoms with Gasteiger partial charge in [0.25, 0.3) is 5.91 Å². The van der Waals surface area contributed by atoms with Crippen LogP contribution in [0.2, 0.25) is 0 Å². The quantitative estimate of drug-likeness (QED) is 0.745. The molecule has 1 aromatic carbocycles. The number of hydrogen-bond acceptors (Lipinski definition) is 4. The zero-order chi connectivity index (χ0) is 17.3. The molecule has 1 amide bonds. The van der Waals surface area contributed by atoms with Gasteiger partial charge in [0.2, 0.25) is 0 Å². The summed E-state index contributed by atoms with van der Waals surface area (Å²) in [5, 5.41) is 17.2. The molecule has 124 valence electrons. The molecule has 1 atom stereocenters. The summed E-state index contributed by atoms with van der Waals surface area (Å²) < 4.78 is 1.73. The van der Waals surface area contributed by atoms with E-state index in [1.807, 2.05) is 44.3 Å². The van der Waals surface area contributed by atoms with Gasteiger partial charge in [-0.15, -0.1) is 11.3 Å². The predicted octanol–water partition coefficient (Wildman–Crippen LogP) is 2.37. The number of nitrogens with one attached hydrogen (secondary N) is 1. The van der Waals surface area contributed by atoms with Crippen molar-refractivity contribution in [2.75, 3.05) is 0 Å². The summed E-state index contributed by atoms with van der Waals surface area (Å²) in [5.41, 5.74) is 1.71. The highest BCUT2D eigenvalue weighted by Gasteiger charge is 2.23. The number of carboxylic acid groups (broad SMARTS) is 1. The van der Waals surface area contributed by atoms with E-state index in [1.54, 1.807) is 10.7 Å². The molecule has 24 heavy (non-hydrogen) atoms. The summed E-state index contributed by atoms with van der Waals surface area (Å²) in [5.74, 6) is -1.43. The van der Waals surface area contributed by atoms with Crippen molar-refractivity contribution in [2.24, 2.45) is 7.05 Å². The molecule has 0 aliphatic heterocycles. The maximum absolute atomic E-state index is 12.4. The fourth-order valence-corrected chi connectivity index (χ4v) is 3.62. The van der Waals surface area contributed by atoms with E-state index in [2.05, 4.69) is 10.4 Å². The van der Waals surface area contributed by atoms with Gasteiger partial charge in [0.15, 0.2) is 0 Å². The third-order valence-electron chi connectivity index (χ3n) is 3.81. The van der Waals surface area contributed by atoms with Gasteiger partial charge < -0.3 is 10.4 Å². The van der Waals surface area contributed by atoms with Crippen LogP contribution in [0.25, 0.3) is 10.2 Å². The van der Waals surface area contributed by atoms with Gasteiger partial charge >= 0.3 is 5.97 Å². The maximum atomic E-state index is 12.4. The molecule has 2 aromatic heterocycles. The molecule has 3 rings (SSSR count). The van der Waals surface area contributed by atoms with Crippen LogP contribution in [0, 0.1) is 6.92 Å². The summed E-state index contributed by atoms with van der Waals surface area (Å²) in [7, 11) is 1.82. The van der Waals surface area contributed by atoms with Crippen LogP contribution in [0.5, 0.6) is 0 Å². The Morgan fingerprint density at radius 2 is 2.04 bits per heavy atom. The fraction of sp³-hybridized carbons (Fsp3) is 0.235. The molecular formula is C17H17N3O3S. The summed E-state index contributed by atoms with van der Waals surface area (Å²) in [4.78, 5) is 25.3. The first-order valence-electron chi connectivity index (χ1n) is 7.46. The summed E-state index contributed by atoms with van der Waals surface area (Å²) in [6, 6.07) is 10.0. The molecule has 0 aliphatic rings. The minimum Gasteiger partial charge on any atom is -0.480 e. The molecule has 0 saturated heterocycles. The third kappa shape index (κ3) is 3.16. The Morgan fingerprint density at radius 1 is 1.33 bits per heavy atom. The van der Waals surface area contributed by atoms with Crippen LogP contribution in [0.4, 0.5) is 0 Å². The molecule has 0 bridgehead atoms. The second-order valence-electron chi connectivity index (χ2n) is 5.59. The van der Waals surface area contributed by atoms with E-state index >= 15 is 0 Å². The lowest BCUT2D eigenvalue weighted by Gasteiger charge is -2.14. The molecule has 7 heteroatoms. The van der Waals surface area contributed by atoms with Crippen molar-refractivity contribution < 1.29 is 14.7 Å². The van der Waals surface area contributed by atoms with Gasteiger partial charge in [0.1, 0.15) is 10.9 Å². The van der Waals surface area contributed by atoms with Crippen molar-refractivity contribution in [3.63, 3.8) is 0 Å². The van der Waals surface area contributed by atoms with Crippen LogP contribution < -0.4 is 5.32 Å². The topological polar surface area (TPSA) is 84.2 Å². The number of carbonyl (C=O) groups is 2. The lowest BCUT2D eigenvalue weighted by Crippen LogP contribution is -2.42. The number of nitrogens with zero attached hydrogens (tertiary/aromatic N) is 2. The maximum Gasteiger partial charge on any atom is 0.326 e. The number of fused-ring (bicyclic) bond motifs is 1. The van der Waals surface area contributed by atoms with Crippen LogP contribution in [-0.2, 0) is 18.3 Å². The first-order valence-corrected chi connectivity index (χ1v) is 8.28. The summed E-state index contributed by atoms with van der Waals surface area (Å²) >= 11 is 1.31. The summed E-state index contributed by atoms with van der Waals surface area (Å²) in [6.45, 7) is 1.88. The van der Waals surface area contributed by atoms with E-state index in [4.69, 9.17) is 0 Å². The number of benzene rings is 1. The zero-order valence-electron chi connectivity index (χ0n) is 13.3. The van der Waals surface area contributed by atoms with E-state index in [1.165, 1.54) is 11.3 Å². The number of carbonyl (C=O) groups excluding carboxylic acids is 1. The van der Waals surface area contributed by atoms with E-state index in [0.29, 0.717) is 4.88 Å². The normalized spacial score (nSPS) is 12.2. The Hall–Kier alpha value is -2.67. The molecule has 2 N–H and O–H groups in total. The highest BCUT2D eigenvalue weighted by atomic mass is 32.1. The molecule has 0 saturated carbocycles.